The summed E-state index contributed by atoms with van der Waals surface area (Å²) in [6.45, 7) is 1.75. The van der Waals surface area contributed by atoms with E-state index >= 15 is 0 Å². The number of benzene rings is 2. The summed E-state index contributed by atoms with van der Waals surface area (Å²) in [7, 11) is -4.25. The molecule has 0 aliphatic heterocycles. The Labute approximate surface area is 115 Å². The molecule has 0 saturated carbocycles. The monoisotopic (exact) mass is 298 g/mol. The van der Waals surface area contributed by atoms with Gasteiger partial charge in [0.15, 0.2) is 0 Å². The number of sulfonamides is 1. The van der Waals surface area contributed by atoms with Gasteiger partial charge in [-0.05, 0) is 42.8 Å². The molecule has 3 N–H and O–H groups in total. The van der Waals surface area contributed by atoms with Crippen LogP contribution in [0.25, 0.3) is 0 Å². The first-order valence-corrected chi connectivity index (χ1v) is 7.12. The Morgan fingerprint density at radius 1 is 1.10 bits per heavy atom. The van der Waals surface area contributed by atoms with E-state index in [-0.39, 0.29) is 11.4 Å². The van der Waals surface area contributed by atoms with Gasteiger partial charge in [0.05, 0.1) is 11.4 Å². The normalized spacial score (nSPS) is 11.3. The molecule has 0 fully saturated rings. The van der Waals surface area contributed by atoms with E-state index < -0.39 is 26.6 Å². The Bertz CT molecular complexity index is 761. The second-order valence-corrected chi connectivity index (χ2v) is 5.92. The van der Waals surface area contributed by atoms with E-state index in [4.69, 9.17) is 5.73 Å². The Hall–Kier alpha value is -2.15. The van der Waals surface area contributed by atoms with Crippen molar-refractivity contribution >= 4 is 21.4 Å². The fourth-order valence-corrected chi connectivity index (χ4v) is 2.81. The average molecular weight is 298 g/mol. The van der Waals surface area contributed by atoms with E-state index in [0.29, 0.717) is 6.07 Å². The third-order valence-electron chi connectivity index (χ3n) is 2.64. The molecule has 0 amide bonds. The van der Waals surface area contributed by atoms with E-state index in [9.17, 15) is 17.2 Å². The largest absolute Gasteiger partial charge is 0.397 e. The first-order chi connectivity index (χ1) is 9.29. The topological polar surface area (TPSA) is 72.2 Å². The number of rotatable bonds is 3. The van der Waals surface area contributed by atoms with Crippen molar-refractivity contribution in [3.8, 4) is 0 Å². The van der Waals surface area contributed by atoms with Gasteiger partial charge in [0, 0.05) is 0 Å². The second-order valence-electron chi connectivity index (χ2n) is 4.27. The highest BCUT2D eigenvalue weighted by atomic mass is 32.2. The van der Waals surface area contributed by atoms with Crippen LogP contribution < -0.4 is 10.5 Å². The van der Waals surface area contributed by atoms with Crippen LogP contribution in [0.1, 0.15) is 5.56 Å². The lowest BCUT2D eigenvalue weighted by molar-refractivity contribution is 0.555. The Morgan fingerprint density at radius 3 is 2.50 bits per heavy atom. The van der Waals surface area contributed by atoms with Crippen molar-refractivity contribution in [3.63, 3.8) is 0 Å². The third kappa shape index (κ3) is 2.88. The van der Waals surface area contributed by atoms with Gasteiger partial charge in [-0.3, -0.25) is 4.72 Å². The molecule has 0 bridgehead atoms. The van der Waals surface area contributed by atoms with Crippen LogP contribution in [0.2, 0.25) is 0 Å². The molecule has 2 aromatic carbocycles. The highest BCUT2D eigenvalue weighted by Crippen LogP contribution is 2.24. The van der Waals surface area contributed by atoms with E-state index in [0.717, 1.165) is 17.7 Å². The smallest absolute Gasteiger partial charge is 0.264 e. The molecule has 7 heteroatoms. The summed E-state index contributed by atoms with van der Waals surface area (Å²) in [6.07, 6.45) is 0. The average Bonchev–Trinajstić information content (AvgIpc) is 2.36. The summed E-state index contributed by atoms with van der Waals surface area (Å²) in [5.74, 6) is -1.88. The number of nitrogens with one attached hydrogen (secondary N) is 1. The number of anilines is 2. The number of hydrogen-bond acceptors (Lipinski definition) is 3. The molecule has 20 heavy (non-hydrogen) atoms. The second kappa shape index (κ2) is 5.09. The van der Waals surface area contributed by atoms with Gasteiger partial charge in [-0.15, -0.1) is 0 Å². The van der Waals surface area contributed by atoms with E-state index in [1.54, 1.807) is 13.0 Å². The highest BCUT2D eigenvalue weighted by Gasteiger charge is 2.21. The summed E-state index contributed by atoms with van der Waals surface area (Å²) in [5.41, 5.74) is 6.73. The predicted octanol–water partition coefficient (Wildman–Crippen LogP) is 2.66. The van der Waals surface area contributed by atoms with Gasteiger partial charge < -0.3 is 5.73 Å². The number of nitrogen functional groups attached to an aromatic ring is 1. The standard InChI is InChI=1S/C13H12F2N2O2S/c1-8-2-5-11(16)12(6-8)17-20(18,19)13-7-9(14)3-4-10(13)15/h2-7,17H,16H2,1H3. The molecule has 2 rings (SSSR count). The Morgan fingerprint density at radius 2 is 1.80 bits per heavy atom. The lowest BCUT2D eigenvalue weighted by atomic mass is 10.2. The molecule has 4 nitrogen and oxygen atoms in total. The van der Waals surface area contributed by atoms with E-state index in [1.165, 1.54) is 12.1 Å². The van der Waals surface area contributed by atoms with Gasteiger partial charge in [-0.25, -0.2) is 17.2 Å². The zero-order valence-corrected chi connectivity index (χ0v) is 11.3. The molecular formula is C13H12F2N2O2S. The molecule has 2 aromatic rings. The SMILES string of the molecule is Cc1ccc(N)c(NS(=O)(=O)c2cc(F)ccc2F)c1. The van der Waals surface area contributed by atoms with Crippen molar-refractivity contribution in [2.45, 2.75) is 11.8 Å². The molecule has 0 atom stereocenters. The third-order valence-corrected chi connectivity index (χ3v) is 4.02. The van der Waals surface area contributed by atoms with Crippen molar-refractivity contribution in [1.82, 2.24) is 0 Å². The van der Waals surface area contributed by atoms with Crippen LogP contribution in [-0.2, 0) is 10.0 Å². The van der Waals surface area contributed by atoms with Gasteiger partial charge >= 0.3 is 0 Å². The van der Waals surface area contributed by atoms with Gasteiger partial charge in [0.25, 0.3) is 10.0 Å². The highest BCUT2D eigenvalue weighted by molar-refractivity contribution is 7.92. The molecule has 106 valence electrons. The fourth-order valence-electron chi connectivity index (χ4n) is 1.64. The summed E-state index contributed by atoms with van der Waals surface area (Å²) in [6, 6.07) is 6.94. The maximum Gasteiger partial charge on any atom is 0.264 e. The maximum atomic E-state index is 13.5. The molecular weight excluding hydrogens is 286 g/mol. The van der Waals surface area contributed by atoms with Gasteiger partial charge in [0.2, 0.25) is 0 Å². The lowest BCUT2D eigenvalue weighted by Crippen LogP contribution is -2.16. The zero-order valence-electron chi connectivity index (χ0n) is 10.5. The molecule has 0 aromatic heterocycles. The lowest BCUT2D eigenvalue weighted by Gasteiger charge is -2.11. The van der Waals surface area contributed by atoms with Crippen LogP contribution in [0.4, 0.5) is 20.2 Å². The van der Waals surface area contributed by atoms with Crippen LogP contribution in [0.5, 0.6) is 0 Å². The Kier molecular flexibility index (Phi) is 3.63. The minimum atomic E-state index is -4.25. The first kappa shape index (κ1) is 14.3. The summed E-state index contributed by atoms with van der Waals surface area (Å²) in [4.78, 5) is -0.765. The summed E-state index contributed by atoms with van der Waals surface area (Å²) in [5, 5.41) is 0. The molecule has 0 spiro atoms. The quantitative estimate of drug-likeness (QED) is 0.856. The van der Waals surface area contributed by atoms with Gasteiger partial charge in [-0.1, -0.05) is 6.07 Å². The van der Waals surface area contributed by atoms with Crippen molar-refractivity contribution in [1.29, 1.82) is 0 Å². The molecule has 0 saturated heterocycles. The van der Waals surface area contributed by atoms with E-state index in [1.807, 2.05) is 0 Å². The van der Waals surface area contributed by atoms with Crippen molar-refractivity contribution in [2.75, 3.05) is 10.5 Å². The van der Waals surface area contributed by atoms with Gasteiger partial charge in [-0.2, -0.15) is 0 Å². The molecule has 0 unspecified atom stereocenters. The predicted molar refractivity (Wildman–Crippen MR) is 72.8 cm³/mol. The van der Waals surface area contributed by atoms with Crippen molar-refractivity contribution in [2.24, 2.45) is 0 Å². The molecule has 0 aliphatic rings. The minimum Gasteiger partial charge on any atom is -0.397 e. The molecule has 0 aliphatic carbocycles. The number of hydrogen-bond donors (Lipinski definition) is 2. The van der Waals surface area contributed by atoms with Gasteiger partial charge in [0.1, 0.15) is 16.5 Å². The molecule has 0 heterocycles. The maximum absolute atomic E-state index is 13.5. The van der Waals surface area contributed by atoms with Crippen molar-refractivity contribution < 1.29 is 17.2 Å². The summed E-state index contributed by atoms with van der Waals surface area (Å²) < 4.78 is 52.9. The van der Waals surface area contributed by atoms with Crippen LogP contribution in [0.3, 0.4) is 0 Å². The fraction of sp³-hybridized carbons (Fsp3) is 0.0769. The first-order valence-electron chi connectivity index (χ1n) is 5.63. The summed E-state index contributed by atoms with van der Waals surface area (Å²) >= 11 is 0. The number of nitrogens with two attached hydrogens (primary N) is 1. The number of halogens is 2. The van der Waals surface area contributed by atoms with Crippen LogP contribution >= 0.6 is 0 Å². The van der Waals surface area contributed by atoms with Crippen LogP contribution in [-0.4, -0.2) is 8.42 Å². The zero-order chi connectivity index (χ0) is 14.9. The number of aryl methyl sites for hydroxylation is 1. The Balaban J connectivity index is 2.46. The molecule has 0 radical (unpaired) electrons. The van der Waals surface area contributed by atoms with Crippen LogP contribution in [0, 0.1) is 18.6 Å². The minimum absolute atomic E-state index is 0.119. The van der Waals surface area contributed by atoms with Crippen LogP contribution in [0.15, 0.2) is 41.3 Å². The van der Waals surface area contributed by atoms with Crippen molar-refractivity contribution in [3.05, 3.63) is 53.6 Å². The van der Waals surface area contributed by atoms with E-state index in [2.05, 4.69) is 4.72 Å².